The summed E-state index contributed by atoms with van der Waals surface area (Å²) < 4.78 is 0. The van der Waals surface area contributed by atoms with Crippen LogP contribution >= 0.6 is 0 Å². The lowest BCUT2D eigenvalue weighted by atomic mass is 9.87. The van der Waals surface area contributed by atoms with Gasteiger partial charge in [-0.15, -0.1) is 0 Å². The number of amides is 1. The molecule has 1 amide bonds. The standard InChI is InChI=1S/C12H24N2O/c1-9-5-6-13-7-10(9)8-14-11(15)12(2,3)4/h9-10,13H,5-8H2,1-4H3,(H,14,15). The van der Waals surface area contributed by atoms with Crippen molar-refractivity contribution < 1.29 is 4.79 Å². The average Bonchev–Trinajstić information content (AvgIpc) is 2.14. The van der Waals surface area contributed by atoms with Gasteiger partial charge in [-0.25, -0.2) is 0 Å². The van der Waals surface area contributed by atoms with Crippen LogP contribution in [-0.4, -0.2) is 25.5 Å². The molecule has 3 nitrogen and oxygen atoms in total. The zero-order valence-electron chi connectivity index (χ0n) is 10.4. The van der Waals surface area contributed by atoms with Crippen LogP contribution in [-0.2, 0) is 4.79 Å². The van der Waals surface area contributed by atoms with Crippen LogP contribution in [0.15, 0.2) is 0 Å². The van der Waals surface area contributed by atoms with E-state index >= 15 is 0 Å². The maximum atomic E-state index is 11.7. The molecule has 1 saturated heterocycles. The van der Waals surface area contributed by atoms with E-state index in [4.69, 9.17) is 0 Å². The summed E-state index contributed by atoms with van der Waals surface area (Å²) in [4.78, 5) is 11.7. The Bertz CT molecular complexity index is 220. The van der Waals surface area contributed by atoms with E-state index in [0.29, 0.717) is 11.8 Å². The van der Waals surface area contributed by atoms with E-state index in [0.717, 1.165) is 19.6 Å². The molecular weight excluding hydrogens is 188 g/mol. The number of piperidine rings is 1. The minimum atomic E-state index is -0.272. The molecule has 0 aromatic carbocycles. The van der Waals surface area contributed by atoms with E-state index in [1.165, 1.54) is 6.42 Å². The molecule has 3 heteroatoms. The van der Waals surface area contributed by atoms with Crippen LogP contribution in [0.2, 0.25) is 0 Å². The van der Waals surface area contributed by atoms with Crippen molar-refractivity contribution in [2.75, 3.05) is 19.6 Å². The smallest absolute Gasteiger partial charge is 0.225 e. The van der Waals surface area contributed by atoms with Gasteiger partial charge in [-0.3, -0.25) is 4.79 Å². The Morgan fingerprint density at radius 2 is 2.13 bits per heavy atom. The van der Waals surface area contributed by atoms with E-state index < -0.39 is 0 Å². The second-order valence-corrected chi connectivity index (χ2v) is 5.69. The van der Waals surface area contributed by atoms with Gasteiger partial charge in [-0.1, -0.05) is 27.7 Å². The lowest BCUT2D eigenvalue weighted by Gasteiger charge is -2.30. The largest absolute Gasteiger partial charge is 0.355 e. The zero-order chi connectivity index (χ0) is 11.5. The molecule has 1 heterocycles. The molecule has 1 fully saturated rings. The molecule has 0 spiro atoms. The molecule has 0 aromatic rings. The van der Waals surface area contributed by atoms with E-state index in [2.05, 4.69) is 17.6 Å². The van der Waals surface area contributed by atoms with Crippen molar-refractivity contribution in [2.45, 2.75) is 34.1 Å². The molecule has 88 valence electrons. The SMILES string of the molecule is CC1CCNCC1CNC(=O)C(C)(C)C. The lowest BCUT2D eigenvalue weighted by Crippen LogP contribution is -2.44. The fourth-order valence-electron chi connectivity index (χ4n) is 1.82. The Labute approximate surface area is 93.0 Å². The fourth-order valence-corrected chi connectivity index (χ4v) is 1.82. The highest BCUT2D eigenvalue weighted by Gasteiger charge is 2.25. The summed E-state index contributed by atoms with van der Waals surface area (Å²) in [5.74, 6) is 1.46. The molecule has 0 saturated carbocycles. The normalized spacial score (nSPS) is 27.5. The molecule has 1 aliphatic rings. The third-order valence-electron chi connectivity index (χ3n) is 3.19. The zero-order valence-corrected chi connectivity index (χ0v) is 10.4. The van der Waals surface area contributed by atoms with Crippen LogP contribution in [0.3, 0.4) is 0 Å². The van der Waals surface area contributed by atoms with Gasteiger partial charge in [0.15, 0.2) is 0 Å². The van der Waals surface area contributed by atoms with Crippen molar-refractivity contribution in [3.8, 4) is 0 Å². The molecule has 0 aliphatic carbocycles. The maximum absolute atomic E-state index is 11.7. The number of rotatable bonds is 2. The maximum Gasteiger partial charge on any atom is 0.225 e. The van der Waals surface area contributed by atoms with E-state index in [1.807, 2.05) is 20.8 Å². The van der Waals surface area contributed by atoms with E-state index in [9.17, 15) is 4.79 Å². The summed E-state index contributed by atoms with van der Waals surface area (Å²) in [7, 11) is 0. The number of carbonyl (C=O) groups excluding carboxylic acids is 1. The Hall–Kier alpha value is -0.570. The van der Waals surface area contributed by atoms with Gasteiger partial charge in [0.25, 0.3) is 0 Å². The summed E-state index contributed by atoms with van der Waals surface area (Å²) in [6.45, 7) is 11.1. The number of hydrogen-bond acceptors (Lipinski definition) is 2. The van der Waals surface area contributed by atoms with Crippen molar-refractivity contribution in [2.24, 2.45) is 17.3 Å². The highest BCUT2D eigenvalue weighted by molar-refractivity contribution is 5.81. The second-order valence-electron chi connectivity index (χ2n) is 5.69. The molecule has 2 unspecified atom stereocenters. The first-order valence-corrected chi connectivity index (χ1v) is 5.90. The van der Waals surface area contributed by atoms with Crippen molar-refractivity contribution in [3.63, 3.8) is 0 Å². The first-order chi connectivity index (χ1) is 6.91. The summed E-state index contributed by atoms with van der Waals surface area (Å²) in [5, 5.41) is 6.42. The number of hydrogen-bond donors (Lipinski definition) is 2. The van der Waals surface area contributed by atoms with Gasteiger partial charge < -0.3 is 10.6 Å². The third kappa shape index (κ3) is 3.82. The average molecular weight is 212 g/mol. The molecule has 2 atom stereocenters. The monoisotopic (exact) mass is 212 g/mol. The summed E-state index contributed by atoms with van der Waals surface area (Å²) in [6.07, 6.45) is 1.22. The molecule has 0 bridgehead atoms. The van der Waals surface area contributed by atoms with Crippen LogP contribution in [0.5, 0.6) is 0 Å². The Balaban J connectivity index is 2.33. The molecule has 1 rings (SSSR count). The minimum absolute atomic E-state index is 0.153. The quantitative estimate of drug-likeness (QED) is 0.726. The van der Waals surface area contributed by atoms with Gasteiger partial charge in [0, 0.05) is 12.0 Å². The highest BCUT2D eigenvalue weighted by atomic mass is 16.2. The molecular formula is C12H24N2O. The summed E-state index contributed by atoms with van der Waals surface area (Å²) in [6, 6.07) is 0. The van der Waals surface area contributed by atoms with Gasteiger partial charge >= 0.3 is 0 Å². The first-order valence-electron chi connectivity index (χ1n) is 5.90. The summed E-state index contributed by atoms with van der Waals surface area (Å²) in [5.41, 5.74) is -0.272. The van der Waals surface area contributed by atoms with Gasteiger partial charge in [0.05, 0.1) is 0 Å². The molecule has 15 heavy (non-hydrogen) atoms. The number of nitrogens with one attached hydrogen (secondary N) is 2. The second kappa shape index (κ2) is 4.97. The summed E-state index contributed by atoms with van der Waals surface area (Å²) >= 11 is 0. The van der Waals surface area contributed by atoms with Crippen LogP contribution in [0.1, 0.15) is 34.1 Å². The molecule has 1 aliphatic heterocycles. The predicted octanol–water partition coefficient (Wildman–Crippen LogP) is 1.39. The van der Waals surface area contributed by atoms with Crippen molar-refractivity contribution >= 4 is 5.91 Å². The van der Waals surface area contributed by atoms with Gasteiger partial charge in [0.1, 0.15) is 0 Å². The van der Waals surface area contributed by atoms with Crippen molar-refractivity contribution in [1.82, 2.24) is 10.6 Å². The predicted molar refractivity (Wildman–Crippen MR) is 62.6 cm³/mol. The van der Waals surface area contributed by atoms with E-state index in [1.54, 1.807) is 0 Å². The fraction of sp³-hybridized carbons (Fsp3) is 0.917. The van der Waals surface area contributed by atoms with Gasteiger partial charge in [-0.05, 0) is 31.3 Å². The van der Waals surface area contributed by atoms with Crippen LogP contribution in [0.25, 0.3) is 0 Å². The molecule has 0 radical (unpaired) electrons. The molecule has 0 aromatic heterocycles. The Morgan fingerprint density at radius 3 is 2.67 bits per heavy atom. The van der Waals surface area contributed by atoms with Crippen LogP contribution in [0.4, 0.5) is 0 Å². The molecule has 2 N–H and O–H groups in total. The third-order valence-corrected chi connectivity index (χ3v) is 3.19. The van der Waals surface area contributed by atoms with Crippen molar-refractivity contribution in [3.05, 3.63) is 0 Å². The van der Waals surface area contributed by atoms with Crippen LogP contribution in [0, 0.1) is 17.3 Å². The Kier molecular flexibility index (Phi) is 4.14. The minimum Gasteiger partial charge on any atom is -0.355 e. The van der Waals surface area contributed by atoms with Gasteiger partial charge in [-0.2, -0.15) is 0 Å². The van der Waals surface area contributed by atoms with Crippen LogP contribution < -0.4 is 10.6 Å². The first kappa shape index (κ1) is 12.5. The lowest BCUT2D eigenvalue weighted by molar-refractivity contribution is -0.128. The van der Waals surface area contributed by atoms with Crippen molar-refractivity contribution in [1.29, 1.82) is 0 Å². The van der Waals surface area contributed by atoms with E-state index in [-0.39, 0.29) is 11.3 Å². The Morgan fingerprint density at radius 1 is 1.47 bits per heavy atom. The number of carbonyl (C=O) groups is 1. The van der Waals surface area contributed by atoms with Gasteiger partial charge in [0.2, 0.25) is 5.91 Å². The topological polar surface area (TPSA) is 41.1 Å². The highest BCUT2D eigenvalue weighted by Crippen LogP contribution is 2.18.